The molecule has 1 aliphatic heterocycles. The van der Waals surface area contributed by atoms with Crippen molar-refractivity contribution in [2.24, 2.45) is 5.73 Å². The molecule has 2 N–H and O–H groups in total. The molecule has 2 rings (SSSR count). The fourth-order valence-electron chi connectivity index (χ4n) is 2.75. The Morgan fingerprint density at radius 3 is 2.61 bits per heavy atom. The molecular formula is C16H21F3N2O2. The molecule has 0 aliphatic carbocycles. The maximum Gasteiger partial charge on any atom is 0.416 e. The van der Waals surface area contributed by atoms with Crippen LogP contribution in [0.25, 0.3) is 0 Å². The van der Waals surface area contributed by atoms with Crippen LogP contribution in [0.5, 0.6) is 0 Å². The Hall–Kier alpha value is -1.60. The molecule has 0 radical (unpaired) electrons. The first-order chi connectivity index (χ1) is 10.9. The first-order valence-electron chi connectivity index (χ1n) is 7.64. The van der Waals surface area contributed by atoms with Crippen LogP contribution >= 0.6 is 0 Å². The molecule has 1 unspecified atom stereocenters. The predicted molar refractivity (Wildman–Crippen MR) is 79.9 cm³/mol. The van der Waals surface area contributed by atoms with Crippen LogP contribution in [0.2, 0.25) is 0 Å². The van der Waals surface area contributed by atoms with Gasteiger partial charge in [0.25, 0.3) is 0 Å². The average molecular weight is 330 g/mol. The Morgan fingerprint density at radius 1 is 1.30 bits per heavy atom. The maximum absolute atomic E-state index is 12.8. The fourth-order valence-corrected chi connectivity index (χ4v) is 2.75. The van der Waals surface area contributed by atoms with Gasteiger partial charge in [-0.05, 0) is 31.0 Å². The van der Waals surface area contributed by atoms with E-state index < -0.39 is 23.6 Å². The Morgan fingerprint density at radius 2 is 2.00 bits per heavy atom. The van der Waals surface area contributed by atoms with Crippen molar-refractivity contribution in [2.75, 3.05) is 32.8 Å². The van der Waals surface area contributed by atoms with Gasteiger partial charge in [0.05, 0.1) is 24.7 Å². The van der Waals surface area contributed by atoms with Gasteiger partial charge in [0.15, 0.2) is 0 Å². The van der Waals surface area contributed by atoms with Crippen LogP contribution < -0.4 is 5.73 Å². The number of carbonyl (C=O) groups excluding carboxylic acids is 1. The zero-order valence-corrected chi connectivity index (χ0v) is 12.8. The molecule has 0 saturated carbocycles. The van der Waals surface area contributed by atoms with Crippen molar-refractivity contribution in [2.45, 2.75) is 24.9 Å². The molecule has 23 heavy (non-hydrogen) atoms. The second-order valence-electron chi connectivity index (χ2n) is 5.67. The van der Waals surface area contributed by atoms with E-state index in [-0.39, 0.29) is 0 Å². The molecule has 1 amide bonds. The Labute approximate surface area is 133 Å². The van der Waals surface area contributed by atoms with Gasteiger partial charge < -0.3 is 10.5 Å². The van der Waals surface area contributed by atoms with Crippen molar-refractivity contribution in [1.29, 1.82) is 0 Å². The van der Waals surface area contributed by atoms with Gasteiger partial charge in [-0.1, -0.05) is 18.2 Å². The topological polar surface area (TPSA) is 55.6 Å². The average Bonchev–Trinajstić information content (AvgIpc) is 2.51. The minimum Gasteiger partial charge on any atom is -0.379 e. The van der Waals surface area contributed by atoms with E-state index in [4.69, 9.17) is 10.5 Å². The number of nitrogens with two attached hydrogens (primary N) is 1. The minimum atomic E-state index is -4.42. The Balaban J connectivity index is 1.99. The minimum absolute atomic E-state index is 0.328. The van der Waals surface area contributed by atoms with Gasteiger partial charge in [0, 0.05) is 13.1 Å². The van der Waals surface area contributed by atoms with Gasteiger partial charge in [-0.15, -0.1) is 0 Å². The molecule has 1 atom stereocenters. The lowest BCUT2D eigenvalue weighted by Gasteiger charge is -2.27. The van der Waals surface area contributed by atoms with Crippen molar-refractivity contribution in [3.8, 4) is 0 Å². The Kier molecular flexibility index (Phi) is 6.01. The lowest BCUT2D eigenvalue weighted by molar-refractivity contribution is -0.137. The molecule has 1 aliphatic rings. The van der Waals surface area contributed by atoms with Gasteiger partial charge in [0.1, 0.15) is 0 Å². The fraction of sp³-hybridized carbons (Fsp3) is 0.562. The number of primary amides is 1. The van der Waals surface area contributed by atoms with Crippen LogP contribution in [0.3, 0.4) is 0 Å². The summed E-state index contributed by atoms with van der Waals surface area (Å²) in [7, 11) is 0. The number of halogens is 3. The zero-order valence-electron chi connectivity index (χ0n) is 12.8. The number of hydrogen-bond donors (Lipinski definition) is 1. The second kappa shape index (κ2) is 7.79. The molecule has 1 fully saturated rings. The summed E-state index contributed by atoms with van der Waals surface area (Å²) >= 11 is 0. The summed E-state index contributed by atoms with van der Waals surface area (Å²) < 4.78 is 43.6. The van der Waals surface area contributed by atoms with Gasteiger partial charge in [-0.3, -0.25) is 9.69 Å². The lowest BCUT2D eigenvalue weighted by Crippen LogP contribution is -2.37. The van der Waals surface area contributed by atoms with Crippen molar-refractivity contribution >= 4 is 5.91 Å². The molecule has 1 saturated heterocycles. The third kappa shape index (κ3) is 5.21. The number of nitrogens with zero attached hydrogens (tertiary/aromatic N) is 1. The first kappa shape index (κ1) is 17.7. The van der Waals surface area contributed by atoms with Crippen LogP contribution in [0.15, 0.2) is 24.3 Å². The number of ether oxygens (including phenoxy) is 1. The quantitative estimate of drug-likeness (QED) is 0.871. The normalized spacial score (nSPS) is 17.9. The highest BCUT2D eigenvalue weighted by molar-refractivity contribution is 5.81. The third-order valence-electron chi connectivity index (χ3n) is 4.03. The number of morpholine rings is 1. The number of rotatable bonds is 6. The molecule has 1 aromatic carbocycles. The summed E-state index contributed by atoms with van der Waals surface area (Å²) in [5.74, 6) is -1.29. The van der Waals surface area contributed by atoms with E-state index in [0.717, 1.165) is 31.8 Å². The van der Waals surface area contributed by atoms with E-state index >= 15 is 0 Å². The summed E-state index contributed by atoms with van der Waals surface area (Å²) in [5.41, 5.74) is 4.97. The lowest BCUT2D eigenvalue weighted by atomic mass is 9.92. The molecule has 0 aromatic heterocycles. The van der Waals surface area contributed by atoms with E-state index in [9.17, 15) is 18.0 Å². The molecule has 7 heteroatoms. The summed E-state index contributed by atoms with van der Waals surface area (Å²) in [6, 6.07) is 4.86. The molecular weight excluding hydrogens is 309 g/mol. The monoisotopic (exact) mass is 330 g/mol. The summed E-state index contributed by atoms with van der Waals surface area (Å²) in [5, 5.41) is 0. The number of alkyl halides is 3. The van der Waals surface area contributed by atoms with E-state index in [1.165, 1.54) is 12.1 Å². The highest BCUT2D eigenvalue weighted by Gasteiger charge is 2.31. The molecule has 0 spiro atoms. The standard InChI is InChI=1S/C16H21F3N2O2/c17-16(18,19)13-4-1-3-12(11-13)14(15(20)22)5-2-6-21-7-9-23-10-8-21/h1,3-4,11,14H,2,5-10H2,(H2,20,22). The number of hydrogen-bond acceptors (Lipinski definition) is 3. The third-order valence-corrected chi connectivity index (χ3v) is 4.03. The van der Waals surface area contributed by atoms with E-state index in [2.05, 4.69) is 4.90 Å². The largest absolute Gasteiger partial charge is 0.416 e. The summed E-state index contributed by atoms with van der Waals surface area (Å²) in [6.45, 7) is 3.83. The summed E-state index contributed by atoms with van der Waals surface area (Å²) in [4.78, 5) is 13.9. The number of carbonyl (C=O) groups is 1. The van der Waals surface area contributed by atoms with Gasteiger partial charge in [0.2, 0.25) is 5.91 Å². The molecule has 1 heterocycles. The van der Waals surface area contributed by atoms with Crippen molar-refractivity contribution in [1.82, 2.24) is 4.90 Å². The predicted octanol–water partition coefficient (Wildman–Crippen LogP) is 2.39. The maximum atomic E-state index is 12.8. The number of amides is 1. The van der Waals surface area contributed by atoms with Gasteiger partial charge >= 0.3 is 6.18 Å². The smallest absolute Gasteiger partial charge is 0.379 e. The van der Waals surface area contributed by atoms with Crippen LogP contribution in [0, 0.1) is 0 Å². The van der Waals surface area contributed by atoms with Crippen molar-refractivity contribution < 1.29 is 22.7 Å². The first-order valence-corrected chi connectivity index (χ1v) is 7.64. The van der Waals surface area contributed by atoms with Crippen LogP contribution in [0.1, 0.15) is 29.9 Å². The van der Waals surface area contributed by atoms with Crippen LogP contribution in [-0.4, -0.2) is 43.7 Å². The van der Waals surface area contributed by atoms with E-state index in [0.29, 0.717) is 31.6 Å². The van der Waals surface area contributed by atoms with E-state index in [1.54, 1.807) is 0 Å². The van der Waals surface area contributed by atoms with Crippen molar-refractivity contribution in [3.63, 3.8) is 0 Å². The van der Waals surface area contributed by atoms with Crippen LogP contribution in [-0.2, 0) is 15.7 Å². The highest BCUT2D eigenvalue weighted by Crippen LogP contribution is 2.32. The number of benzene rings is 1. The second-order valence-corrected chi connectivity index (χ2v) is 5.67. The van der Waals surface area contributed by atoms with E-state index in [1.807, 2.05) is 0 Å². The SMILES string of the molecule is NC(=O)C(CCCN1CCOCC1)c1cccc(C(F)(F)F)c1. The highest BCUT2D eigenvalue weighted by atomic mass is 19.4. The molecule has 0 bridgehead atoms. The Bertz CT molecular complexity index is 528. The van der Waals surface area contributed by atoms with Crippen LogP contribution in [0.4, 0.5) is 13.2 Å². The van der Waals surface area contributed by atoms with Gasteiger partial charge in [-0.2, -0.15) is 13.2 Å². The molecule has 128 valence electrons. The molecule has 4 nitrogen and oxygen atoms in total. The zero-order chi connectivity index (χ0) is 16.9. The molecule has 1 aromatic rings. The summed E-state index contributed by atoms with van der Waals surface area (Å²) in [6.07, 6.45) is -3.29. The van der Waals surface area contributed by atoms with Gasteiger partial charge in [-0.25, -0.2) is 0 Å². The van der Waals surface area contributed by atoms with Crippen molar-refractivity contribution in [3.05, 3.63) is 35.4 Å².